The van der Waals surface area contributed by atoms with Crippen LogP contribution in [0.4, 0.5) is 0 Å². The van der Waals surface area contributed by atoms with Crippen molar-refractivity contribution in [3.8, 4) is 0 Å². The lowest BCUT2D eigenvalue weighted by Gasteiger charge is -2.40. The molecule has 1 aliphatic rings. The third-order valence-corrected chi connectivity index (χ3v) is 3.20. The van der Waals surface area contributed by atoms with E-state index in [1.54, 1.807) is 18.9 Å². The first-order valence-corrected chi connectivity index (χ1v) is 6.02. The summed E-state index contributed by atoms with van der Waals surface area (Å²) in [5, 5.41) is 2.77. The van der Waals surface area contributed by atoms with E-state index in [0.717, 1.165) is 0 Å². The van der Waals surface area contributed by atoms with Crippen LogP contribution < -0.4 is 5.32 Å². The lowest BCUT2D eigenvalue weighted by Crippen LogP contribution is -2.65. The quantitative estimate of drug-likeness (QED) is 0.759. The van der Waals surface area contributed by atoms with Crippen molar-refractivity contribution in [1.82, 2.24) is 10.2 Å². The van der Waals surface area contributed by atoms with E-state index >= 15 is 0 Å². The number of methoxy groups -OCH3 is 1. The number of carbonyl (C=O) groups excluding carboxylic acids is 2. The van der Waals surface area contributed by atoms with Crippen LogP contribution >= 0.6 is 0 Å². The fraction of sp³-hybridized carbons (Fsp3) is 0.833. The second-order valence-electron chi connectivity index (χ2n) is 4.98. The number of nitrogens with zero attached hydrogens (tertiary/aromatic N) is 1. The van der Waals surface area contributed by atoms with Gasteiger partial charge in [-0.1, -0.05) is 13.8 Å². The molecule has 17 heavy (non-hydrogen) atoms. The van der Waals surface area contributed by atoms with Crippen molar-refractivity contribution < 1.29 is 14.3 Å². The Bertz CT molecular complexity index is 306. The van der Waals surface area contributed by atoms with Crippen molar-refractivity contribution in [2.45, 2.75) is 32.7 Å². The average Bonchev–Trinajstić information content (AvgIpc) is 2.25. The van der Waals surface area contributed by atoms with Crippen molar-refractivity contribution in [3.05, 3.63) is 0 Å². The van der Waals surface area contributed by atoms with Crippen LogP contribution in [0, 0.1) is 5.92 Å². The van der Waals surface area contributed by atoms with Crippen LogP contribution in [0.2, 0.25) is 0 Å². The van der Waals surface area contributed by atoms with E-state index < -0.39 is 5.54 Å². The molecule has 2 atom stereocenters. The molecule has 0 saturated carbocycles. The number of amides is 2. The molecule has 0 aliphatic carbocycles. The van der Waals surface area contributed by atoms with Crippen molar-refractivity contribution in [2.24, 2.45) is 5.92 Å². The summed E-state index contributed by atoms with van der Waals surface area (Å²) in [6.45, 7) is 7.00. The lowest BCUT2D eigenvalue weighted by atomic mass is 9.94. The fourth-order valence-electron chi connectivity index (χ4n) is 2.10. The van der Waals surface area contributed by atoms with E-state index in [-0.39, 0.29) is 24.3 Å². The zero-order chi connectivity index (χ0) is 13.1. The summed E-state index contributed by atoms with van der Waals surface area (Å²) < 4.78 is 5.05. The minimum atomic E-state index is -0.748. The van der Waals surface area contributed by atoms with Crippen molar-refractivity contribution in [1.29, 1.82) is 0 Å². The molecule has 1 N–H and O–H groups in total. The molecule has 2 amide bonds. The van der Waals surface area contributed by atoms with Gasteiger partial charge in [-0.25, -0.2) is 0 Å². The predicted octanol–water partition coefficient (Wildman–Crippen LogP) is 0.396. The summed E-state index contributed by atoms with van der Waals surface area (Å²) >= 11 is 0. The molecule has 1 heterocycles. The van der Waals surface area contributed by atoms with Gasteiger partial charge in [0.1, 0.15) is 5.54 Å². The molecule has 0 aromatic carbocycles. The van der Waals surface area contributed by atoms with Crippen molar-refractivity contribution >= 4 is 11.8 Å². The number of carbonyl (C=O) groups is 2. The number of ether oxygens (including phenoxy) is 1. The second-order valence-corrected chi connectivity index (χ2v) is 4.98. The normalized spacial score (nSPS) is 26.9. The maximum Gasteiger partial charge on any atom is 0.248 e. The summed E-state index contributed by atoms with van der Waals surface area (Å²) in [5.74, 6) is 0.150. The molecule has 1 rings (SSSR count). The second kappa shape index (κ2) is 5.49. The van der Waals surface area contributed by atoms with Crippen molar-refractivity contribution in [2.75, 3.05) is 26.8 Å². The smallest absolute Gasteiger partial charge is 0.248 e. The van der Waals surface area contributed by atoms with Gasteiger partial charge in [-0.3, -0.25) is 9.59 Å². The van der Waals surface area contributed by atoms with Gasteiger partial charge in [0.05, 0.1) is 13.2 Å². The number of hydrogen-bond donors (Lipinski definition) is 1. The molecule has 2 unspecified atom stereocenters. The van der Waals surface area contributed by atoms with Gasteiger partial charge in [0.15, 0.2) is 0 Å². The van der Waals surface area contributed by atoms with Crippen LogP contribution in [0.5, 0.6) is 0 Å². The lowest BCUT2D eigenvalue weighted by molar-refractivity contribution is -0.150. The van der Waals surface area contributed by atoms with Gasteiger partial charge in [0.25, 0.3) is 0 Å². The van der Waals surface area contributed by atoms with Crippen LogP contribution in [0.3, 0.4) is 0 Å². The van der Waals surface area contributed by atoms with Gasteiger partial charge < -0.3 is 15.0 Å². The highest BCUT2D eigenvalue weighted by molar-refractivity contribution is 5.97. The van der Waals surface area contributed by atoms with E-state index in [2.05, 4.69) is 5.32 Å². The average molecular weight is 242 g/mol. The number of piperazine rings is 1. The molecule has 5 nitrogen and oxygen atoms in total. The highest BCUT2D eigenvalue weighted by atomic mass is 16.5. The summed E-state index contributed by atoms with van der Waals surface area (Å²) in [6, 6.07) is 0. The van der Waals surface area contributed by atoms with E-state index in [0.29, 0.717) is 19.6 Å². The van der Waals surface area contributed by atoms with Crippen LogP contribution in [-0.2, 0) is 14.3 Å². The minimum absolute atomic E-state index is 0.00236. The summed E-state index contributed by atoms with van der Waals surface area (Å²) in [4.78, 5) is 25.5. The molecular formula is C12H22N2O3. The van der Waals surface area contributed by atoms with E-state index in [1.807, 2.05) is 13.8 Å². The molecule has 0 bridgehead atoms. The first kappa shape index (κ1) is 14.0. The highest BCUT2D eigenvalue weighted by Gasteiger charge is 2.41. The predicted molar refractivity (Wildman–Crippen MR) is 64.5 cm³/mol. The Labute approximate surface area is 102 Å². The third kappa shape index (κ3) is 3.19. The number of hydrogen-bond acceptors (Lipinski definition) is 3. The Morgan fingerprint density at radius 2 is 2.18 bits per heavy atom. The highest BCUT2D eigenvalue weighted by Crippen LogP contribution is 2.18. The molecule has 98 valence electrons. The number of nitrogens with one attached hydrogen (secondary N) is 1. The standard InChI is InChI=1S/C12H22N2O3/c1-5-12(3)11(16)14(7-10(15)13-12)6-9(2)8-17-4/h9H,5-8H2,1-4H3,(H,13,15). The van der Waals surface area contributed by atoms with Crippen LogP contribution in [0.1, 0.15) is 27.2 Å². The summed E-state index contributed by atoms with van der Waals surface area (Å²) in [5.41, 5.74) is -0.748. The molecule has 0 aromatic heterocycles. The van der Waals surface area contributed by atoms with Gasteiger partial charge in [-0.15, -0.1) is 0 Å². The Kier molecular flexibility index (Phi) is 4.51. The summed E-state index contributed by atoms with van der Waals surface area (Å²) in [7, 11) is 1.64. The van der Waals surface area contributed by atoms with Crippen LogP contribution in [-0.4, -0.2) is 49.1 Å². The fourth-order valence-corrected chi connectivity index (χ4v) is 2.10. The van der Waals surface area contributed by atoms with E-state index in [1.165, 1.54) is 0 Å². The molecule has 0 radical (unpaired) electrons. The molecule has 5 heteroatoms. The Hall–Kier alpha value is -1.10. The SMILES string of the molecule is CCC1(C)NC(=O)CN(CC(C)COC)C1=O. The van der Waals surface area contributed by atoms with Gasteiger partial charge >= 0.3 is 0 Å². The number of rotatable bonds is 5. The Balaban J connectivity index is 2.71. The third-order valence-electron chi connectivity index (χ3n) is 3.20. The molecule has 1 fully saturated rings. The first-order valence-electron chi connectivity index (χ1n) is 6.02. The van der Waals surface area contributed by atoms with Crippen LogP contribution in [0.25, 0.3) is 0 Å². The molecule has 0 aromatic rings. The van der Waals surface area contributed by atoms with Gasteiger partial charge in [0.2, 0.25) is 11.8 Å². The minimum Gasteiger partial charge on any atom is -0.384 e. The van der Waals surface area contributed by atoms with E-state index in [4.69, 9.17) is 4.74 Å². The monoisotopic (exact) mass is 242 g/mol. The largest absolute Gasteiger partial charge is 0.384 e. The maximum absolute atomic E-state index is 12.2. The Morgan fingerprint density at radius 1 is 1.53 bits per heavy atom. The molecule has 1 aliphatic heterocycles. The van der Waals surface area contributed by atoms with Gasteiger partial charge in [-0.2, -0.15) is 0 Å². The molecule has 0 spiro atoms. The topological polar surface area (TPSA) is 58.6 Å². The molecular weight excluding hydrogens is 220 g/mol. The zero-order valence-electron chi connectivity index (χ0n) is 11.1. The zero-order valence-corrected chi connectivity index (χ0v) is 11.1. The van der Waals surface area contributed by atoms with Crippen molar-refractivity contribution in [3.63, 3.8) is 0 Å². The van der Waals surface area contributed by atoms with E-state index in [9.17, 15) is 9.59 Å². The summed E-state index contributed by atoms with van der Waals surface area (Å²) in [6.07, 6.45) is 0.604. The maximum atomic E-state index is 12.2. The van der Waals surface area contributed by atoms with Crippen LogP contribution in [0.15, 0.2) is 0 Å². The van der Waals surface area contributed by atoms with Gasteiger partial charge in [0, 0.05) is 13.7 Å². The van der Waals surface area contributed by atoms with Gasteiger partial charge in [-0.05, 0) is 19.3 Å². The molecule has 1 saturated heterocycles. The first-order chi connectivity index (χ1) is 7.92. The Morgan fingerprint density at radius 3 is 2.71 bits per heavy atom.